The van der Waals surface area contributed by atoms with Gasteiger partial charge in [-0.15, -0.1) is 22.9 Å². The summed E-state index contributed by atoms with van der Waals surface area (Å²) in [5, 5.41) is 21.8. The molecule has 2 N–H and O–H groups in total. The van der Waals surface area contributed by atoms with Gasteiger partial charge in [0.2, 0.25) is 0 Å². The highest BCUT2D eigenvalue weighted by molar-refractivity contribution is 7.17. The third-order valence-corrected chi connectivity index (χ3v) is 3.42. The highest BCUT2D eigenvalue weighted by Gasteiger charge is 2.11. The summed E-state index contributed by atoms with van der Waals surface area (Å²) in [6.07, 6.45) is 0. The molecule has 0 amide bonds. The van der Waals surface area contributed by atoms with Gasteiger partial charge in [-0.25, -0.2) is 0 Å². The van der Waals surface area contributed by atoms with Crippen molar-refractivity contribution >= 4 is 33.0 Å². The first-order valence-electron chi connectivity index (χ1n) is 4.15. The van der Waals surface area contributed by atoms with Crippen LogP contribution in [0.2, 0.25) is 0 Å². The summed E-state index contributed by atoms with van der Waals surface area (Å²) in [5.41, 5.74) is 1.33. The van der Waals surface area contributed by atoms with Crippen LogP contribution in [0.5, 0.6) is 5.75 Å². The summed E-state index contributed by atoms with van der Waals surface area (Å²) in [4.78, 5) is 0. The van der Waals surface area contributed by atoms with Crippen LogP contribution in [-0.2, 0) is 12.5 Å². The Hall–Kier alpha value is -0.770. The van der Waals surface area contributed by atoms with E-state index < -0.39 is 0 Å². The van der Waals surface area contributed by atoms with Crippen LogP contribution < -0.4 is 0 Å². The third kappa shape index (κ3) is 1.38. The third-order valence-electron chi connectivity index (χ3n) is 2.22. The summed E-state index contributed by atoms with van der Waals surface area (Å²) in [6.45, 7) is -0.0958. The van der Waals surface area contributed by atoms with Crippen LogP contribution in [0, 0.1) is 0 Å². The second-order valence-electron chi connectivity index (χ2n) is 2.99. The Labute approximate surface area is 90.4 Å². The molecule has 0 fully saturated rings. The number of thiophene rings is 1. The van der Waals surface area contributed by atoms with Crippen molar-refractivity contribution in [3.8, 4) is 5.75 Å². The molecule has 1 aromatic heterocycles. The lowest BCUT2D eigenvalue weighted by Crippen LogP contribution is -1.91. The molecule has 4 heteroatoms. The standard InChI is InChI=1S/C10H9ClO2S/c11-4-8-7(5-12)3-6-1-2-14-10(6)9(8)13/h1-3,12-13H,4-5H2. The summed E-state index contributed by atoms with van der Waals surface area (Å²) >= 11 is 7.19. The summed E-state index contributed by atoms with van der Waals surface area (Å²) in [5.74, 6) is 0.423. The zero-order valence-electron chi connectivity index (χ0n) is 7.33. The number of rotatable bonds is 2. The first kappa shape index (κ1) is 9.77. The molecule has 2 nitrogen and oxygen atoms in total. The Kier molecular flexibility index (Phi) is 2.63. The molecule has 2 rings (SSSR count). The first-order valence-corrected chi connectivity index (χ1v) is 5.57. The molecule has 1 heterocycles. The molecular weight excluding hydrogens is 220 g/mol. The van der Waals surface area contributed by atoms with E-state index in [2.05, 4.69) is 0 Å². The highest BCUT2D eigenvalue weighted by atomic mass is 35.5. The van der Waals surface area contributed by atoms with Crippen LogP contribution in [0.3, 0.4) is 0 Å². The number of hydrogen-bond acceptors (Lipinski definition) is 3. The van der Waals surface area contributed by atoms with E-state index in [0.29, 0.717) is 11.1 Å². The first-order chi connectivity index (χ1) is 6.77. The minimum Gasteiger partial charge on any atom is -0.506 e. The van der Waals surface area contributed by atoms with Gasteiger partial charge in [0.1, 0.15) is 5.75 Å². The van der Waals surface area contributed by atoms with Gasteiger partial charge < -0.3 is 10.2 Å². The summed E-state index contributed by atoms with van der Waals surface area (Å²) < 4.78 is 0.831. The van der Waals surface area contributed by atoms with E-state index in [1.165, 1.54) is 11.3 Å². The van der Waals surface area contributed by atoms with Gasteiger partial charge in [0.15, 0.2) is 0 Å². The summed E-state index contributed by atoms with van der Waals surface area (Å²) in [6, 6.07) is 3.78. The van der Waals surface area contributed by atoms with Crippen molar-refractivity contribution in [2.75, 3.05) is 0 Å². The molecule has 0 spiro atoms. The quantitative estimate of drug-likeness (QED) is 0.776. The maximum Gasteiger partial charge on any atom is 0.138 e. The van der Waals surface area contributed by atoms with Gasteiger partial charge in [0, 0.05) is 5.56 Å². The zero-order valence-corrected chi connectivity index (χ0v) is 8.90. The van der Waals surface area contributed by atoms with Crippen molar-refractivity contribution in [3.05, 3.63) is 28.6 Å². The summed E-state index contributed by atoms with van der Waals surface area (Å²) in [7, 11) is 0. The monoisotopic (exact) mass is 228 g/mol. The number of halogens is 1. The van der Waals surface area contributed by atoms with Gasteiger partial charge in [-0.05, 0) is 28.5 Å². The Morgan fingerprint density at radius 3 is 2.86 bits per heavy atom. The van der Waals surface area contributed by atoms with Gasteiger partial charge in [-0.3, -0.25) is 0 Å². The van der Waals surface area contributed by atoms with E-state index in [-0.39, 0.29) is 18.2 Å². The van der Waals surface area contributed by atoms with Crippen LogP contribution in [0.25, 0.3) is 10.1 Å². The van der Waals surface area contributed by atoms with Gasteiger partial charge >= 0.3 is 0 Å². The van der Waals surface area contributed by atoms with Gasteiger partial charge in [-0.1, -0.05) is 0 Å². The lowest BCUT2D eigenvalue weighted by atomic mass is 10.1. The molecule has 1 aromatic carbocycles. The molecule has 74 valence electrons. The number of phenolic OH excluding ortho intramolecular Hbond substituents is 1. The zero-order chi connectivity index (χ0) is 10.1. The normalized spacial score (nSPS) is 11.0. The smallest absolute Gasteiger partial charge is 0.138 e. The predicted molar refractivity (Wildman–Crippen MR) is 59.0 cm³/mol. The molecule has 0 aliphatic heterocycles. The van der Waals surface area contributed by atoms with Crippen molar-refractivity contribution in [1.82, 2.24) is 0 Å². The molecule has 0 radical (unpaired) electrons. The molecule has 0 aliphatic carbocycles. The van der Waals surface area contributed by atoms with Crippen LogP contribution in [0.15, 0.2) is 17.5 Å². The Balaban J connectivity index is 2.79. The van der Waals surface area contributed by atoms with E-state index in [4.69, 9.17) is 16.7 Å². The second-order valence-corrected chi connectivity index (χ2v) is 4.18. The van der Waals surface area contributed by atoms with Crippen LogP contribution >= 0.6 is 22.9 Å². The van der Waals surface area contributed by atoms with Crippen molar-refractivity contribution in [2.45, 2.75) is 12.5 Å². The number of aromatic hydroxyl groups is 1. The Bertz CT molecular complexity index is 464. The average molecular weight is 229 g/mol. The van der Waals surface area contributed by atoms with Crippen LogP contribution in [0.1, 0.15) is 11.1 Å². The molecule has 0 aliphatic rings. The molecule has 2 aromatic rings. The number of hydrogen-bond donors (Lipinski definition) is 2. The SMILES string of the molecule is OCc1cc2ccsc2c(O)c1CCl. The van der Waals surface area contributed by atoms with Crippen molar-refractivity contribution in [1.29, 1.82) is 0 Å². The second kappa shape index (κ2) is 3.77. The molecular formula is C10H9ClO2S. The number of fused-ring (bicyclic) bond motifs is 1. The molecule has 0 bridgehead atoms. The van der Waals surface area contributed by atoms with Crippen LogP contribution in [0.4, 0.5) is 0 Å². The van der Waals surface area contributed by atoms with E-state index >= 15 is 0 Å². The van der Waals surface area contributed by atoms with E-state index in [9.17, 15) is 5.11 Å². The number of phenols is 1. The van der Waals surface area contributed by atoms with E-state index in [0.717, 1.165) is 10.1 Å². The van der Waals surface area contributed by atoms with Gasteiger partial charge in [0.25, 0.3) is 0 Å². The molecule has 0 atom stereocenters. The number of aliphatic hydroxyl groups excluding tert-OH is 1. The fourth-order valence-electron chi connectivity index (χ4n) is 1.48. The molecule has 14 heavy (non-hydrogen) atoms. The van der Waals surface area contributed by atoms with Gasteiger partial charge in [-0.2, -0.15) is 0 Å². The fourth-order valence-corrected chi connectivity index (χ4v) is 2.63. The molecule has 0 unspecified atom stereocenters. The van der Waals surface area contributed by atoms with E-state index in [1.807, 2.05) is 17.5 Å². The largest absolute Gasteiger partial charge is 0.506 e. The topological polar surface area (TPSA) is 40.5 Å². The lowest BCUT2D eigenvalue weighted by molar-refractivity contribution is 0.280. The van der Waals surface area contributed by atoms with Crippen molar-refractivity contribution < 1.29 is 10.2 Å². The lowest BCUT2D eigenvalue weighted by Gasteiger charge is -2.07. The fraction of sp³-hybridized carbons (Fsp3) is 0.200. The van der Waals surface area contributed by atoms with E-state index in [1.54, 1.807) is 0 Å². The predicted octanol–water partition coefficient (Wildman–Crippen LogP) is 2.84. The highest BCUT2D eigenvalue weighted by Crippen LogP contribution is 2.36. The Morgan fingerprint density at radius 1 is 1.43 bits per heavy atom. The average Bonchev–Trinajstić information content (AvgIpc) is 2.65. The number of alkyl halides is 1. The number of aliphatic hydroxyl groups is 1. The molecule has 0 saturated carbocycles. The van der Waals surface area contributed by atoms with Crippen molar-refractivity contribution in [2.24, 2.45) is 0 Å². The molecule has 0 saturated heterocycles. The minimum absolute atomic E-state index is 0.0958. The minimum atomic E-state index is -0.0958. The maximum atomic E-state index is 9.87. The maximum absolute atomic E-state index is 9.87. The Morgan fingerprint density at radius 2 is 2.21 bits per heavy atom. The van der Waals surface area contributed by atoms with Crippen LogP contribution in [-0.4, -0.2) is 10.2 Å². The van der Waals surface area contributed by atoms with Gasteiger partial charge in [0.05, 0.1) is 17.2 Å². The number of benzene rings is 1. The van der Waals surface area contributed by atoms with Crippen molar-refractivity contribution in [3.63, 3.8) is 0 Å².